The summed E-state index contributed by atoms with van der Waals surface area (Å²) in [6.07, 6.45) is -0.852. The van der Waals surface area contributed by atoms with E-state index in [1.165, 1.54) is 6.92 Å². The number of ether oxygens (including phenoxy) is 5. The van der Waals surface area contributed by atoms with Crippen LogP contribution in [0, 0.1) is 11.8 Å². The number of primary amides is 3. The van der Waals surface area contributed by atoms with Crippen LogP contribution < -0.4 is 49.1 Å². The number of urea groups is 1. The first-order chi connectivity index (χ1) is 32.7. The first-order valence-corrected chi connectivity index (χ1v) is 22.9. The van der Waals surface area contributed by atoms with E-state index in [4.69, 9.17) is 40.9 Å². The highest BCUT2D eigenvalue weighted by Crippen LogP contribution is 2.14. The maximum Gasteiger partial charge on any atom is 0.312 e. The molecule has 0 unspecified atom stereocenters. The van der Waals surface area contributed by atoms with Crippen molar-refractivity contribution in [2.45, 2.75) is 117 Å². The summed E-state index contributed by atoms with van der Waals surface area (Å²) in [6, 6.07) is 0.363. The summed E-state index contributed by atoms with van der Waals surface area (Å²) >= 11 is 0. The third kappa shape index (κ3) is 29.3. The average molecular weight is 980 g/mol. The van der Waals surface area contributed by atoms with E-state index >= 15 is 0 Å². The number of nitrogens with two attached hydrogens (primary N) is 3. The van der Waals surface area contributed by atoms with Gasteiger partial charge >= 0.3 is 12.0 Å². The van der Waals surface area contributed by atoms with Crippen LogP contribution in [-0.4, -0.2) is 143 Å². The first kappa shape index (κ1) is 60.8. The van der Waals surface area contributed by atoms with E-state index in [2.05, 4.69) is 31.9 Å². The Balaban J connectivity index is 2.97. The minimum absolute atomic E-state index is 0.0231. The topological polar surface area (TPSA) is 367 Å². The zero-order chi connectivity index (χ0) is 51.7. The standard InChI is InChI=1S/C45H73N9O15/c1-28(2)39(43(62)53-33(7-6-18-49-45(48)64)40(59)50-32-10-8-31(9-11-32)27-69-44(63)29(3)4)54-42(61)35(13-15-37(47)57)52-41(60)34(12-14-36(46)56)51-38(58)17-20-66-22-24-68-26-25-67-23-21-65-19-16-30(5)55/h8-11,28-29,33-35,39H,6-7,12-27H2,1-5H3,(H2,46,56)(H2,47,57)(H,50,59)(H,51,58)(H,52,60)(H,53,62)(H,54,61)(H3,48,49,64)/t33-,34-,35-,39-/m0/s1. The van der Waals surface area contributed by atoms with Crippen LogP contribution >= 0.6 is 0 Å². The number of hydrogen-bond acceptors (Lipinski definition) is 15. The molecule has 0 saturated heterocycles. The van der Waals surface area contributed by atoms with E-state index in [1.54, 1.807) is 52.0 Å². The van der Waals surface area contributed by atoms with Crippen LogP contribution in [0.3, 0.4) is 0 Å². The van der Waals surface area contributed by atoms with Crippen molar-refractivity contribution in [1.82, 2.24) is 26.6 Å². The fourth-order valence-electron chi connectivity index (χ4n) is 5.86. The summed E-state index contributed by atoms with van der Waals surface area (Å²) in [5.74, 6) is -6.63. The molecular formula is C45H73N9O15. The van der Waals surface area contributed by atoms with Crippen LogP contribution in [0.25, 0.3) is 0 Å². The van der Waals surface area contributed by atoms with Crippen molar-refractivity contribution in [2.24, 2.45) is 29.0 Å². The highest BCUT2D eigenvalue weighted by molar-refractivity contribution is 5.99. The van der Waals surface area contributed by atoms with Crippen LogP contribution in [-0.2, 0) is 73.4 Å². The van der Waals surface area contributed by atoms with Crippen molar-refractivity contribution < 1.29 is 71.6 Å². The van der Waals surface area contributed by atoms with Gasteiger partial charge in [0, 0.05) is 37.9 Å². The van der Waals surface area contributed by atoms with Gasteiger partial charge in [0.2, 0.25) is 41.4 Å². The number of carbonyl (C=O) groups is 10. The smallest absolute Gasteiger partial charge is 0.312 e. The molecule has 12 N–H and O–H groups in total. The SMILES string of the molecule is CC(=O)CCOCCOCCOCCOCCC(=O)N[C@@H](CCC(N)=O)C(=O)N[C@@H](CCC(N)=O)C(=O)N[C@H](C(=O)N[C@@H](CCCNC(N)=O)C(=O)Nc1ccc(COC(=O)C(C)C)cc1)C(C)C. The number of anilines is 1. The van der Waals surface area contributed by atoms with Gasteiger partial charge in [0.25, 0.3) is 0 Å². The molecule has 0 aliphatic heterocycles. The molecule has 9 amide bonds. The van der Waals surface area contributed by atoms with Gasteiger partial charge in [0.1, 0.15) is 36.6 Å². The van der Waals surface area contributed by atoms with Gasteiger partial charge in [-0.2, -0.15) is 0 Å². The summed E-state index contributed by atoms with van der Waals surface area (Å²) in [5, 5.41) is 15.4. The van der Waals surface area contributed by atoms with Gasteiger partial charge in [-0.25, -0.2) is 4.79 Å². The molecule has 0 heterocycles. The monoisotopic (exact) mass is 980 g/mol. The van der Waals surface area contributed by atoms with Gasteiger partial charge in [0.15, 0.2) is 0 Å². The molecule has 4 atom stereocenters. The number of benzene rings is 1. The van der Waals surface area contributed by atoms with Crippen molar-refractivity contribution in [3.63, 3.8) is 0 Å². The number of nitrogens with one attached hydrogen (secondary N) is 6. The fourth-order valence-corrected chi connectivity index (χ4v) is 5.86. The molecule has 0 aromatic heterocycles. The molecule has 1 aromatic carbocycles. The summed E-state index contributed by atoms with van der Waals surface area (Å²) in [6.45, 7) is 10.2. The lowest BCUT2D eigenvalue weighted by molar-refractivity contribution is -0.148. The van der Waals surface area contributed by atoms with Crippen molar-refractivity contribution in [2.75, 3.05) is 64.7 Å². The molecule has 24 nitrogen and oxygen atoms in total. The Morgan fingerprint density at radius 2 is 1.03 bits per heavy atom. The van der Waals surface area contributed by atoms with E-state index in [0.717, 1.165) is 0 Å². The van der Waals surface area contributed by atoms with Gasteiger partial charge < -0.3 is 72.8 Å². The largest absolute Gasteiger partial charge is 0.461 e. The summed E-state index contributed by atoms with van der Waals surface area (Å²) in [7, 11) is 0. The van der Waals surface area contributed by atoms with Crippen LogP contribution in [0.4, 0.5) is 10.5 Å². The number of Topliss-reactive ketones (excluding diaryl/α,β-unsaturated/α-hetero) is 1. The Morgan fingerprint density at radius 3 is 1.52 bits per heavy atom. The van der Waals surface area contributed by atoms with E-state index in [-0.39, 0.29) is 102 Å². The molecule has 0 aliphatic carbocycles. The zero-order valence-corrected chi connectivity index (χ0v) is 40.4. The highest BCUT2D eigenvalue weighted by atomic mass is 16.6. The second-order valence-electron chi connectivity index (χ2n) is 16.5. The second kappa shape index (κ2) is 35.0. The van der Waals surface area contributed by atoms with Crippen molar-refractivity contribution in [3.8, 4) is 0 Å². The molecular weight excluding hydrogens is 907 g/mol. The first-order valence-electron chi connectivity index (χ1n) is 22.9. The Hall–Kier alpha value is -6.24. The fraction of sp³-hybridized carbons (Fsp3) is 0.644. The number of esters is 1. The minimum atomic E-state index is -1.47. The number of rotatable bonds is 38. The Bertz CT molecular complexity index is 1810. The predicted octanol–water partition coefficient (Wildman–Crippen LogP) is -0.665. The molecule has 0 bridgehead atoms. The highest BCUT2D eigenvalue weighted by Gasteiger charge is 2.33. The maximum atomic E-state index is 13.9. The van der Waals surface area contributed by atoms with Crippen molar-refractivity contribution in [1.29, 1.82) is 0 Å². The number of ketones is 1. The van der Waals surface area contributed by atoms with Gasteiger partial charge in [-0.1, -0.05) is 39.8 Å². The summed E-state index contributed by atoms with van der Waals surface area (Å²) < 4.78 is 26.8. The zero-order valence-electron chi connectivity index (χ0n) is 40.4. The average Bonchev–Trinajstić information content (AvgIpc) is 3.28. The van der Waals surface area contributed by atoms with Crippen LogP contribution in [0.15, 0.2) is 24.3 Å². The maximum absolute atomic E-state index is 13.9. The Labute approximate surface area is 402 Å². The van der Waals surface area contributed by atoms with Crippen LogP contribution in [0.2, 0.25) is 0 Å². The molecule has 388 valence electrons. The molecule has 69 heavy (non-hydrogen) atoms. The van der Waals surface area contributed by atoms with Gasteiger partial charge in [0.05, 0.1) is 58.8 Å². The van der Waals surface area contributed by atoms with E-state index in [1.807, 2.05) is 0 Å². The van der Waals surface area contributed by atoms with E-state index in [0.29, 0.717) is 44.1 Å². The molecule has 0 saturated carbocycles. The molecule has 1 aromatic rings. The summed E-state index contributed by atoms with van der Waals surface area (Å²) in [4.78, 5) is 125. The minimum Gasteiger partial charge on any atom is -0.461 e. The third-order valence-corrected chi connectivity index (χ3v) is 9.75. The molecule has 0 spiro atoms. The Morgan fingerprint density at radius 1 is 0.551 bits per heavy atom. The normalized spacial score (nSPS) is 12.7. The lowest BCUT2D eigenvalue weighted by atomic mass is 10.0. The van der Waals surface area contributed by atoms with E-state index in [9.17, 15) is 47.9 Å². The number of hydrogen-bond donors (Lipinski definition) is 9. The molecule has 24 heteroatoms. The van der Waals surface area contributed by atoms with Gasteiger partial charge in [-0.15, -0.1) is 0 Å². The number of amides is 9. The molecule has 1 rings (SSSR count). The van der Waals surface area contributed by atoms with Crippen LogP contribution in [0.5, 0.6) is 0 Å². The predicted molar refractivity (Wildman–Crippen MR) is 249 cm³/mol. The number of carbonyl (C=O) groups excluding carboxylic acids is 10. The molecule has 0 fully saturated rings. The van der Waals surface area contributed by atoms with Crippen molar-refractivity contribution in [3.05, 3.63) is 29.8 Å². The second-order valence-corrected chi connectivity index (χ2v) is 16.5. The van der Waals surface area contributed by atoms with Crippen LogP contribution in [0.1, 0.15) is 91.5 Å². The van der Waals surface area contributed by atoms with E-state index < -0.39 is 77.5 Å². The molecule has 0 aliphatic rings. The molecule has 0 radical (unpaired) electrons. The van der Waals surface area contributed by atoms with Gasteiger partial charge in [-0.3, -0.25) is 43.2 Å². The van der Waals surface area contributed by atoms with Gasteiger partial charge in [-0.05, 0) is 56.2 Å². The van der Waals surface area contributed by atoms with Crippen molar-refractivity contribution >= 4 is 64.8 Å². The lowest BCUT2D eigenvalue weighted by Crippen LogP contribution is -2.59. The quantitative estimate of drug-likeness (QED) is 0.0293. The Kier molecular flexibility index (Phi) is 30.8. The lowest BCUT2D eigenvalue weighted by Gasteiger charge is -2.28. The summed E-state index contributed by atoms with van der Waals surface area (Å²) in [5.41, 5.74) is 16.9. The third-order valence-electron chi connectivity index (χ3n) is 9.75.